The number of sulfonamides is 1. The van der Waals surface area contributed by atoms with E-state index in [4.69, 9.17) is 5.11 Å². The van der Waals surface area contributed by atoms with E-state index < -0.39 is 27.4 Å². The smallest absolute Gasteiger partial charge is 0.337 e. The fourth-order valence-electron chi connectivity index (χ4n) is 1.82. The molecule has 0 aliphatic carbocycles. The van der Waals surface area contributed by atoms with E-state index in [1.807, 2.05) is 19.1 Å². The molecular formula is C16H14FNO4S. The highest BCUT2D eigenvalue weighted by atomic mass is 32.2. The van der Waals surface area contributed by atoms with E-state index in [0.717, 1.165) is 29.2 Å². The second-order valence-electron chi connectivity index (χ2n) is 4.86. The Balaban J connectivity index is 2.25. The fourth-order valence-corrected chi connectivity index (χ4v) is 2.70. The maximum atomic E-state index is 13.1. The maximum absolute atomic E-state index is 13.1. The Kier molecular flexibility index (Phi) is 4.80. The highest BCUT2D eigenvalue weighted by molar-refractivity contribution is 7.95. The molecule has 0 heterocycles. The SMILES string of the molecule is Cc1ccc(C=CS(=O)(=O)Nc2ccc(F)cc2C(=O)O)cc1. The van der Waals surface area contributed by atoms with Gasteiger partial charge in [-0.2, -0.15) is 0 Å². The summed E-state index contributed by atoms with van der Waals surface area (Å²) in [5.41, 5.74) is 1.06. The first-order valence-electron chi connectivity index (χ1n) is 6.57. The van der Waals surface area contributed by atoms with Crippen LogP contribution in [0.5, 0.6) is 0 Å². The van der Waals surface area contributed by atoms with Gasteiger partial charge in [0.25, 0.3) is 10.0 Å². The predicted molar refractivity (Wildman–Crippen MR) is 86.1 cm³/mol. The van der Waals surface area contributed by atoms with Crippen LogP contribution in [0.15, 0.2) is 47.9 Å². The third-order valence-corrected chi connectivity index (χ3v) is 3.98. The molecule has 0 unspecified atom stereocenters. The summed E-state index contributed by atoms with van der Waals surface area (Å²) < 4.78 is 39.2. The molecule has 0 saturated carbocycles. The Labute approximate surface area is 133 Å². The first-order valence-corrected chi connectivity index (χ1v) is 8.12. The number of carboxylic acids is 1. The molecule has 5 nitrogen and oxygen atoms in total. The van der Waals surface area contributed by atoms with Gasteiger partial charge in [0.2, 0.25) is 0 Å². The van der Waals surface area contributed by atoms with Crippen LogP contribution in [0.3, 0.4) is 0 Å². The fraction of sp³-hybridized carbons (Fsp3) is 0.0625. The largest absolute Gasteiger partial charge is 0.478 e. The van der Waals surface area contributed by atoms with Crippen LogP contribution in [0.1, 0.15) is 21.5 Å². The van der Waals surface area contributed by atoms with Gasteiger partial charge in [0.15, 0.2) is 0 Å². The number of anilines is 1. The standard InChI is InChI=1S/C16H14FNO4S/c1-11-2-4-12(5-3-11)8-9-23(21,22)18-15-7-6-13(17)10-14(15)16(19)20/h2-10,18H,1H3,(H,19,20). The zero-order valence-electron chi connectivity index (χ0n) is 12.2. The molecule has 2 rings (SSSR count). The van der Waals surface area contributed by atoms with Crippen LogP contribution in [0.2, 0.25) is 0 Å². The minimum atomic E-state index is -3.93. The molecule has 0 aliphatic heterocycles. The van der Waals surface area contributed by atoms with Gasteiger partial charge < -0.3 is 5.11 Å². The van der Waals surface area contributed by atoms with Gasteiger partial charge in [0, 0.05) is 0 Å². The van der Waals surface area contributed by atoms with Gasteiger partial charge in [-0.1, -0.05) is 29.8 Å². The number of benzene rings is 2. The van der Waals surface area contributed by atoms with Gasteiger partial charge in [-0.3, -0.25) is 4.72 Å². The Morgan fingerprint density at radius 3 is 2.43 bits per heavy atom. The minimum Gasteiger partial charge on any atom is -0.478 e. The third kappa shape index (κ3) is 4.65. The number of nitrogens with one attached hydrogen (secondary N) is 1. The van der Waals surface area contributed by atoms with E-state index in [0.29, 0.717) is 5.56 Å². The lowest BCUT2D eigenvalue weighted by Crippen LogP contribution is -2.12. The van der Waals surface area contributed by atoms with Crippen molar-refractivity contribution in [2.75, 3.05) is 4.72 Å². The van der Waals surface area contributed by atoms with Crippen molar-refractivity contribution in [3.63, 3.8) is 0 Å². The number of carbonyl (C=O) groups is 1. The summed E-state index contributed by atoms with van der Waals surface area (Å²) in [6, 6.07) is 9.97. The molecule has 120 valence electrons. The Morgan fingerprint density at radius 2 is 1.83 bits per heavy atom. The number of hydrogen-bond acceptors (Lipinski definition) is 3. The number of rotatable bonds is 5. The number of carboxylic acid groups (broad SMARTS) is 1. The second-order valence-corrected chi connectivity index (χ2v) is 6.42. The van der Waals surface area contributed by atoms with Crippen molar-refractivity contribution in [3.05, 3.63) is 70.4 Å². The van der Waals surface area contributed by atoms with E-state index in [-0.39, 0.29) is 5.69 Å². The van der Waals surface area contributed by atoms with Gasteiger partial charge in [-0.25, -0.2) is 17.6 Å². The van der Waals surface area contributed by atoms with Gasteiger partial charge in [0.05, 0.1) is 16.7 Å². The molecule has 0 radical (unpaired) electrons. The van der Waals surface area contributed by atoms with Crippen LogP contribution in [-0.2, 0) is 10.0 Å². The molecule has 0 saturated heterocycles. The number of aryl methyl sites for hydroxylation is 1. The second kappa shape index (κ2) is 6.62. The van der Waals surface area contributed by atoms with E-state index in [2.05, 4.69) is 4.72 Å². The molecular weight excluding hydrogens is 321 g/mol. The summed E-state index contributed by atoms with van der Waals surface area (Å²) in [5.74, 6) is -2.19. The summed E-state index contributed by atoms with van der Waals surface area (Å²) in [6.07, 6.45) is 1.38. The molecule has 2 aromatic rings. The summed E-state index contributed by atoms with van der Waals surface area (Å²) in [7, 11) is -3.93. The van der Waals surface area contributed by atoms with Crippen LogP contribution in [0, 0.1) is 12.7 Å². The zero-order valence-corrected chi connectivity index (χ0v) is 13.0. The van der Waals surface area contributed by atoms with Gasteiger partial charge in [-0.05, 0) is 36.8 Å². The molecule has 0 amide bonds. The lowest BCUT2D eigenvalue weighted by Gasteiger charge is -2.08. The van der Waals surface area contributed by atoms with Crippen LogP contribution in [0.25, 0.3) is 6.08 Å². The Morgan fingerprint density at radius 1 is 1.17 bits per heavy atom. The summed E-state index contributed by atoms with van der Waals surface area (Å²) in [5, 5.41) is 9.92. The van der Waals surface area contributed by atoms with Crippen molar-refractivity contribution < 1.29 is 22.7 Å². The van der Waals surface area contributed by atoms with Crippen molar-refractivity contribution in [1.29, 1.82) is 0 Å². The number of halogens is 1. The Hall–Kier alpha value is -2.67. The molecule has 0 bridgehead atoms. The average Bonchev–Trinajstić information content (AvgIpc) is 2.48. The van der Waals surface area contributed by atoms with Crippen molar-refractivity contribution in [1.82, 2.24) is 0 Å². The molecule has 0 aliphatic rings. The molecule has 0 atom stereocenters. The Bertz CT molecular complexity index is 858. The van der Waals surface area contributed by atoms with E-state index in [1.165, 1.54) is 6.08 Å². The predicted octanol–water partition coefficient (Wildman–Crippen LogP) is 3.24. The molecule has 2 N–H and O–H groups in total. The van der Waals surface area contributed by atoms with E-state index in [1.54, 1.807) is 12.1 Å². The lowest BCUT2D eigenvalue weighted by molar-refractivity contribution is 0.0697. The zero-order chi connectivity index (χ0) is 17.0. The van der Waals surface area contributed by atoms with Crippen molar-refractivity contribution in [2.45, 2.75) is 6.92 Å². The number of hydrogen-bond donors (Lipinski definition) is 2. The van der Waals surface area contributed by atoms with E-state index >= 15 is 0 Å². The topological polar surface area (TPSA) is 83.5 Å². The van der Waals surface area contributed by atoms with Gasteiger partial charge >= 0.3 is 5.97 Å². The highest BCUT2D eigenvalue weighted by Crippen LogP contribution is 2.19. The maximum Gasteiger partial charge on any atom is 0.337 e. The average molecular weight is 335 g/mol. The first-order chi connectivity index (χ1) is 10.8. The van der Waals surface area contributed by atoms with Crippen LogP contribution in [0.4, 0.5) is 10.1 Å². The summed E-state index contributed by atoms with van der Waals surface area (Å²) in [4.78, 5) is 11.1. The van der Waals surface area contributed by atoms with Crippen molar-refractivity contribution in [3.8, 4) is 0 Å². The third-order valence-electron chi connectivity index (χ3n) is 2.98. The highest BCUT2D eigenvalue weighted by Gasteiger charge is 2.15. The molecule has 2 aromatic carbocycles. The summed E-state index contributed by atoms with van der Waals surface area (Å²) in [6.45, 7) is 1.91. The molecule has 0 fully saturated rings. The molecule has 0 spiro atoms. The van der Waals surface area contributed by atoms with Crippen LogP contribution >= 0.6 is 0 Å². The lowest BCUT2D eigenvalue weighted by atomic mass is 10.2. The van der Waals surface area contributed by atoms with Crippen molar-refractivity contribution >= 4 is 27.8 Å². The van der Waals surface area contributed by atoms with Crippen LogP contribution in [-0.4, -0.2) is 19.5 Å². The molecule has 23 heavy (non-hydrogen) atoms. The molecule has 7 heteroatoms. The quantitative estimate of drug-likeness (QED) is 0.878. The van der Waals surface area contributed by atoms with Crippen LogP contribution < -0.4 is 4.72 Å². The summed E-state index contributed by atoms with van der Waals surface area (Å²) >= 11 is 0. The number of aromatic carboxylic acids is 1. The van der Waals surface area contributed by atoms with Gasteiger partial charge in [-0.15, -0.1) is 0 Å². The van der Waals surface area contributed by atoms with E-state index in [9.17, 15) is 17.6 Å². The first kappa shape index (κ1) is 16.7. The normalized spacial score (nSPS) is 11.6. The van der Waals surface area contributed by atoms with Crippen molar-refractivity contribution in [2.24, 2.45) is 0 Å². The molecule has 0 aromatic heterocycles. The van der Waals surface area contributed by atoms with Gasteiger partial charge in [0.1, 0.15) is 5.82 Å². The monoisotopic (exact) mass is 335 g/mol. The minimum absolute atomic E-state index is 0.201.